The first-order valence-electron chi connectivity index (χ1n) is 7.63. The van der Waals surface area contributed by atoms with E-state index in [-0.39, 0.29) is 0 Å². The topological polar surface area (TPSA) is 41.6 Å². The van der Waals surface area contributed by atoms with Gasteiger partial charge in [-0.2, -0.15) is 0 Å². The summed E-state index contributed by atoms with van der Waals surface area (Å²) in [7, 11) is 0. The second-order valence-corrected chi connectivity index (χ2v) is 6.74. The number of aromatic amines is 1. The number of hydrogen-bond donors (Lipinski definition) is 1. The van der Waals surface area contributed by atoms with Gasteiger partial charge in [-0.15, -0.1) is 0 Å². The lowest BCUT2D eigenvalue weighted by molar-refractivity contribution is 1.07. The van der Waals surface area contributed by atoms with E-state index in [4.69, 9.17) is 4.98 Å². The molecule has 4 rings (SSSR count). The summed E-state index contributed by atoms with van der Waals surface area (Å²) in [5.41, 5.74) is 6.80. The number of aryl methyl sites for hydroxylation is 2. The molecule has 0 saturated heterocycles. The van der Waals surface area contributed by atoms with Crippen LogP contribution in [0.2, 0.25) is 0 Å². The van der Waals surface area contributed by atoms with Gasteiger partial charge in [0.2, 0.25) is 0 Å². The second-order valence-electron chi connectivity index (χ2n) is 5.78. The van der Waals surface area contributed by atoms with Crippen LogP contribution in [0.3, 0.4) is 0 Å². The van der Waals surface area contributed by atoms with E-state index in [9.17, 15) is 0 Å². The highest BCUT2D eigenvalue weighted by molar-refractivity contribution is 7.98. The monoisotopic (exact) mass is 319 g/mol. The predicted molar refractivity (Wildman–Crippen MR) is 96.9 cm³/mol. The van der Waals surface area contributed by atoms with Crippen LogP contribution in [0.15, 0.2) is 53.7 Å². The zero-order valence-electron chi connectivity index (χ0n) is 13.1. The quantitative estimate of drug-likeness (QED) is 0.539. The van der Waals surface area contributed by atoms with Crippen LogP contribution in [-0.2, 0) is 5.75 Å². The minimum atomic E-state index is 0.808. The largest absolute Gasteiger partial charge is 0.333 e. The number of rotatable bonds is 3. The van der Waals surface area contributed by atoms with Gasteiger partial charge in [0.05, 0.1) is 22.2 Å². The number of nitrogens with one attached hydrogen (secondary N) is 1. The fourth-order valence-corrected chi connectivity index (χ4v) is 3.44. The molecule has 0 unspecified atom stereocenters. The maximum absolute atomic E-state index is 4.71. The SMILES string of the molecule is Cc1cc2nc(SCc3ccc4ccccc4n3)[nH]c2cc1C. The molecule has 4 heteroatoms. The van der Waals surface area contributed by atoms with Gasteiger partial charge in [0.1, 0.15) is 0 Å². The van der Waals surface area contributed by atoms with E-state index < -0.39 is 0 Å². The van der Waals surface area contributed by atoms with E-state index in [1.165, 1.54) is 16.5 Å². The number of aromatic nitrogens is 3. The van der Waals surface area contributed by atoms with E-state index >= 15 is 0 Å². The fraction of sp³-hybridized carbons (Fsp3) is 0.158. The third-order valence-corrected chi connectivity index (χ3v) is 5.00. The Morgan fingerprint density at radius 2 is 1.74 bits per heavy atom. The predicted octanol–water partition coefficient (Wildman–Crippen LogP) is 5.02. The summed E-state index contributed by atoms with van der Waals surface area (Å²) in [4.78, 5) is 12.8. The molecule has 1 N–H and O–H groups in total. The molecule has 0 aliphatic carbocycles. The Balaban J connectivity index is 1.57. The second kappa shape index (κ2) is 5.70. The molecule has 4 aromatic rings. The first-order chi connectivity index (χ1) is 11.2. The van der Waals surface area contributed by atoms with Gasteiger partial charge in [0.25, 0.3) is 0 Å². The van der Waals surface area contributed by atoms with E-state index in [0.29, 0.717) is 0 Å². The average Bonchev–Trinajstić information content (AvgIpc) is 2.95. The van der Waals surface area contributed by atoms with Crippen molar-refractivity contribution in [3.8, 4) is 0 Å². The van der Waals surface area contributed by atoms with Crippen molar-refractivity contribution in [2.45, 2.75) is 24.8 Å². The molecule has 2 aromatic heterocycles. The molecule has 0 spiro atoms. The first kappa shape index (κ1) is 14.3. The van der Waals surface area contributed by atoms with Crippen molar-refractivity contribution in [1.82, 2.24) is 15.0 Å². The number of imidazole rings is 1. The summed E-state index contributed by atoms with van der Waals surface area (Å²) in [6, 6.07) is 16.7. The molecular weight excluding hydrogens is 302 g/mol. The number of pyridine rings is 1. The molecular formula is C19H17N3S. The van der Waals surface area contributed by atoms with Crippen molar-refractivity contribution in [1.29, 1.82) is 0 Å². The summed E-state index contributed by atoms with van der Waals surface area (Å²) >= 11 is 1.69. The number of nitrogens with zero attached hydrogens (tertiary/aromatic N) is 2. The molecule has 0 saturated carbocycles. The maximum Gasteiger partial charge on any atom is 0.166 e. The number of H-pyrrole nitrogens is 1. The minimum absolute atomic E-state index is 0.808. The average molecular weight is 319 g/mol. The molecule has 0 atom stereocenters. The van der Waals surface area contributed by atoms with Gasteiger partial charge in [-0.3, -0.25) is 4.98 Å². The van der Waals surface area contributed by atoms with E-state index in [1.807, 2.05) is 12.1 Å². The van der Waals surface area contributed by atoms with Gasteiger partial charge >= 0.3 is 0 Å². The zero-order chi connectivity index (χ0) is 15.8. The van der Waals surface area contributed by atoms with Gasteiger partial charge < -0.3 is 4.98 Å². The Hall–Kier alpha value is -2.33. The van der Waals surface area contributed by atoms with Crippen LogP contribution in [0.1, 0.15) is 16.8 Å². The fourth-order valence-electron chi connectivity index (χ4n) is 2.65. The zero-order valence-corrected chi connectivity index (χ0v) is 13.9. The molecule has 3 nitrogen and oxygen atoms in total. The standard InChI is InChI=1S/C19H17N3S/c1-12-9-17-18(10-13(12)2)22-19(21-17)23-11-15-8-7-14-5-3-4-6-16(14)20-15/h3-10H,11H2,1-2H3,(H,21,22). The normalized spacial score (nSPS) is 11.4. The highest BCUT2D eigenvalue weighted by Crippen LogP contribution is 2.25. The molecule has 0 fully saturated rings. The third-order valence-electron chi connectivity index (χ3n) is 4.09. The molecule has 114 valence electrons. The molecule has 0 aliphatic heterocycles. The first-order valence-corrected chi connectivity index (χ1v) is 8.62. The summed E-state index contributed by atoms with van der Waals surface area (Å²) < 4.78 is 0. The third kappa shape index (κ3) is 2.82. The van der Waals surface area contributed by atoms with Crippen LogP contribution in [0.25, 0.3) is 21.9 Å². The van der Waals surface area contributed by atoms with E-state index in [0.717, 1.165) is 33.2 Å². The van der Waals surface area contributed by atoms with Crippen molar-refractivity contribution < 1.29 is 0 Å². The molecule has 0 aliphatic rings. The molecule has 2 heterocycles. The Kier molecular flexibility index (Phi) is 3.54. The Morgan fingerprint density at radius 3 is 2.65 bits per heavy atom. The highest BCUT2D eigenvalue weighted by atomic mass is 32.2. The smallest absolute Gasteiger partial charge is 0.166 e. The maximum atomic E-state index is 4.71. The minimum Gasteiger partial charge on any atom is -0.333 e. The van der Waals surface area contributed by atoms with Gasteiger partial charge in [-0.1, -0.05) is 36.0 Å². The molecule has 0 bridgehead atoms. The lowest BCUT2D eigenvalue weighted by Crippen LogP contribution is -1.88. The van der Waals surface area contributed by atoms with E-state index in [2.05, 4.69) is 60.2 Å². The lowest BCUT2D eigenvalue weighted by atomic mass is 10.1. The van der Waals surface area contributed by atoms with Gasteiger partial charge in [-0.05, 0) is 49.2 Å². The van der Waals surface area contributed by atoms with Crippen LogP contribution in [-0.4, -0.2) is 15.0 Å². The lowest BCUT2D eigenvalue weighted by Gasteiger charge is -2.01. The van der Waals surface area contributed by atoms with Crippen molar-refractivity contribution >= 4 is 33.7 Å². The van der Waals surface area contributed by atoms with Gasteiger partial charge in [0, 0.05) is 11.1 Å². The van der Waals surface area contributed by atoms with Gasteiger partial charge in [-0.25, -0.2) is 4.98 Å². The Morgan fingerprint density at radius 1 is 0.913 bits per heavy atom. The molecule has 23 heavy (non-hydrogen) atoms. The summed E-state index contributed by atoms with van der Waals surface area (Å²) in [5, 5.41) is 2.12. The van der Waals surface area contributed by atoms with Crippen LogP contribution in [0.5, 0.6) is 0 Å². The summed E-state index contributed by atoms with van der Waals surface area (Å²) in [6.07, 6.45) is 0. The Bertz CT molecular complexity index is 965. The van der Waals surface area contributed by atoms with Crippen LogP contribution >= 0.6 is 11.8 Å². The van der Waals surface area contributed by atoms with Crippen molar-refractivity contribution in [2.75, 3.05) is 0 Å². The van der Waals surface area contributed by atoms with Crippen LogP contribution in [0, 0.1) is 13.8 Å². The summed E-state index contributed by atoms with van der Waals surface area (Å²) in [6.45, 7) is 4.25. The van der Waals surface area contributed by atoms with Gasteiger partial charge in [0.15, 0.2) is 5.16 Å². The number of benzene rings is 2. The highest BCUT2D eigenvalue weighted by Gasteiger charge is 2.06. The molecule has 2 aromatic carbocycles. The molecule has 0 radical (unpaired) electrons. The van der Waals surface area contributed by atoms with Crippen LogP contribution in [0.4, 0.5) is 0 Å². The number of thioether (sulfide) groups is 1. The van der Waals surface area contributed by atoms with E-state index in [1.54, 1.807) is 11.8 Å². The van der Waals surface area contributed by atoms with Crippen molar-refractivity contribution in [2.24, 2.45) is 0 Å². The van der Waals surface area contributed by atoms with Crippen LogP contribution < -0.4 is 0 Å². The van der Waals surface area contributed by atoms with Crippen molar-refractivity contribution in [3.63, 3.8) is 0 Å². The number of fused-ring (bicyclic) bond motifs is 2. The Labute approximate surface area is 139 Å². The number of hydrogen-bond acceptors (Lipinski definition) is 3. The van der Waals surface area contributed by atoms with Crippen molar-refractivity contribution in [3.05, 3.63) is 65.4 Å². The number of para-hydroxylation sites is 1. The summed E-state index contributed by atoms with van der Waals surface area (Å²) in [5.74, 6) is 0.808. The molecule has 0 amide bonds.